The Morgan fingerprint density at radius 1 is 1.11 bits per heavy atom. The molecule has 2 aromatic carbocycles. The van der Waals surface area contributed by atoms with Crippen LogP contribution in [0.3, 0.4) is 0 Å². The summed E-state index contributed by atoms with van der Waals surface area (Å²) >= 11 is 0. The van der Waals surface area contributed by atoms with Crippen LogP contribution in [0.25, 0.3) is 16.7 Å². The van der Waals surface area contributed by atoms with Gasteiger partial charge in [0, 0.05) is 17.5 Å². The summed E-state index contributed by atoms with van der Waals surface area (Å²) in [6, 6.07) is 18.9. The summed E-state index contributed by atoms with van der Waals surface area (Å²) in [5.74, 6) is 1.81. The van der Waals surface area contributed by atoms with E-state index in [0.29, 0.717) is 29.5 Å². The Hall–Kier alpha value is -4.73. The van der Waals surface area contributed by atoms with Crippen LogP contribution in [0, 0.1) is 13.8 Å². The molecule has 180 valence electrons. The van der Waals surface area contributed by atoms with Crippen molar-refractivity contribution < 1.29 is 13.6 Å². The zero-order valence-electron chi connectivity index (χ0n) is 19.8. The maximum Gasteiger partial charge on any atom is 0.262 e. The van der Waals surface area contributed by atoms with Gasteiger partial charge in [-0.25, -0.2) is 5.01 Å². The van der Waals surface area contributed by atoms with Gasteiger partial charge in [0.05, 0.1) is 18.5 Å². The minimum absolute atomic E-state index is 0.0468. The second kappa shape index (κ2) is 8.81. The third kappa shape index (κ3) is 3.92. The number of aryl methyl sites for hydroxylation is 2. The monoisotopic (exact) mass is 481 g/mol. The number of carbonyl (C=O) groups excluding carboxylic acids is 1. The topological polar surface area (TPSA) is 115 Å². The number of carbonyl (C=O) groups is 1. The maximum atomic E-state index is 13.4. The first kappa shape index (κ1) is 21.8. The van der Waals surface area contributed by atoms with Crippen molar-refractivity contribution in [2.75, 3.05) is 11.9 Å². The van der Waals surface area contributed by atoms with Gasteiger partial charge >= 0.3 is 0 Å². The standard InChI is InChI=1S/C26H23N7O3/c1-16-9-10-19(13-21(16)32-17(2)28-30-31-32)27-15-26(34)33-22(24-8-5-11-35-24)14-20(29-33)25-12-18-6-3-4-7-23(18)36-25/h3-13,22,27H,14-15H2,1-2H3. The summed E-state index contributed by atoms with van der Waals surface area (Å²) in [7, 11) is 0. The van der Waals surface area contributed by atoms with E-state index in [0.717, 1.165) is 27.9 Å². The van der Waals surface area contributed by atoms with Crippen molar-refractivity contribution in [3.8, 4) is 5.69 Å². The molecule has 36 heavy (non-hydrogen) atoms. The summed E-state index contributed by atoms with van der Waals surface area (Å²) in [4.78, 5) is 13.4. The number of furan rings is 2. The number of para-hydroxylation sites is 1. The summed E-state index contributed by atoms with van der Waals surface area (Å²) < 4.78 is 13.3. The molecule has 1 unspecified atom stereocenters. The molecule has 0 bridgehead atoms. The van der Waals surface area contributed by atoms with Gasteiger partial charge in [-0.2, -0.15) is 9.78 Å². The number of anilines is 1. The Balaban J connectivity index is 1.25. The van der Waals surface area contributed by atoms with Gasteiger partial charge < -0.3 is 14.2 Å². The highest BCUT2D eigenvalue weighted by molar-refractivity contribution is 6.03. The molecule has 0 spiro atoms. The molecule has 0 radical (unpaired) electrons. The molecule has 4 heterocycles. The van der Waals surface area contributed by atoms with Gasteiger partial charge in [0.2, 0.25) is 0 Å². The number of hydrogen-bond acceptors (Lipinski definition) is 8. The summed E-state index contributed by atoms with van der Waals surface area (Å²) in [5, 5.41) is 22.1. The number of tetrazole rings is 1. The molecule has 0 saturated carbocycles. The molecule has 1 N–H and O–H groups in total. The predicted octanol–water partition coefficient (Wildman–Crippen LogP) is 4.41. The van der Waals surface area contributed by atoms with E-state index in [2.05, 4.69) is 25.9 Å². The molecule has 1 atom stereocenters. The maximum absolute atomic E-state index is 13.4. The highest BCUT2D eigenvalue weighted by atomic mass is 16.3. The van der Waals surface area contributed by atoms with Crippen LogP contribution < -0.4 is 5.32 Å². The van der Waals surface area contributed by atoms with E-state index in [1.54, 1.807) is 10.9 Å². The first-order valence-electron chi connectivity index (χ1n) is 11.6. The van der Waals surface area contributed by atoms with E-state index in [-0.39, 0.29) is 18.5 Å². The molecule has 10 nitrogen and oxygen atoms in total. The average Bonchev–Trinajstić information content (AvgIpc) is 3.69. The number of nitrogens with zero attached hydrogens (tertiary/aromatic N) is 6. The van der Waals surface area contributed by atoms with Gasteiger partial charge in [-0.3, -0.25) is 4.79 Å². The zero-order valence-corrected chi connectivity index (χ0v) is 19.8. The molecule has 10 heteroatoms. The van der Waals surface area contributed by atoms with Crippen molar-refractivity contribution in [3.63, 3.8) is 0 Å². The van der Waals surface area contributed by atoms with Crippen LogP contribution in [0.2, 0.25) is 0 Å². The van der Waals surface area contributed by atoms with Crippen molar-refractivity contribution >= 4 is 28.3 Å². The Morgan fingerprint density at radius 2 is 2.00 bits per heavy atom. The number of rotatable bonds is 6. The van der Waals surface area contributed by atoms with E-state index in [1.807, 2.05) is 74.5 Å². The van der Waals surface area contributed by atoms with Crippen LogP contribution in [0.1, 0.15) is 35.4 Å². The van der Waals surface area contributed by atoms with Crippen molar-refractivity contribution in [1.82, 2.24) is 25.2 Å². The van der Waals surface area contributed by atoms with Crippen LogP contribution in [-0.2, 0) is 4.79 Å². The summed E-state index contributed by atoms with van der Waals surface area (Å²) in [6.07, 6.45) is 2.09. The highest BCUT2D eigenvalue weighted by Gasteiger charge is 2.35. The Kier molecular flexibility index (Phi) is 5.33. The van der Waals surface area contributed by atoms with Gasteiger partial charge in [-0.15, -0.1) is 5.10 Å². The minimum atomic E-state index is -0.352. The largest absolute Gasteiger partial charge is 0.467 e. The quantitative estimate of drug-likeness (QED) is 0.382. The number of benzene rings is 2. The van der Waals surface area contributed by atoms with Crippen LogP contribution >= 0.6 is 0 Å². The normalized spacial score (nSPS) is 15.4. The molecule has 3 aromatic heterocycles. The van der Waals surface area contributed by atoms with Crippen LogP contribution in [0.5, 0.6) is 0 Å². The molecule has 1 aliphatic rings. The number of hydrogen-bond donors (Lipinski definition) is 1. The lowest BCUT2D eigenvalue weighted by Gasteiger charge is -2.20. The third-order valence-corrected chi connectivity index (χ3v) is 6.25. The lowest BCUT2D eigenvalue weighted by molar-refractivity contribution is -0.131. The number of aromatic nitrogens is 4. The molecule has 0 aliphatic carbocycles. The second-order valence-electron chi connectivity index (χ2n) is 8.66. The molecule has 6 rings (SSSR count). The van der Waals surface area contributed by atoms with Crippen LogP contribution in [0.15, 0.2) is 80.9 Å². The first-order valence-corrected chi connectivity index (χ1v) is 11.6. The fourth-order valence-corrected chi connectivity index (χ4v) is 4.38. The van der Waals surface area contributed by atoms with Gasteiger partial charge in [0.15, 0.2) is 11.6 Å². The zero-order chi connectivity index (χ0) is 24.6. The van der Waals surface area contributed by atoms with E-state index in [4.69, 9.17) is 8.83 Å². The number of amides is 1. The van der Waals surface area contributed by atoms with E-state index < -0.39 is 0 Å². The molecule has 0 fully saturated rings. The van der Waals surface area contributed by atoms with E-state index >= 15 is 0 Å². The van der Waals surface area contributed by atoms with Gasteiger partial charge in [-0.1, -0.05) is 24.3 Å². The number of fused-ring (bicyclic) bond motifs is 1. The smallest absolute Gasteiger partial charge is 0.262 e. The van der Waals surface area contributed by atoms with Crippen molar-refractivity contribution in [3.05, 3.63) is 89.8 Å². The van der Waals surface area contributed by atoms with Crippen LogP contribution in [0.4, 0.5) is 5.69 Å². The lowest BCUT2D eigenvalue weighted by Crippen LogP contribution is -2.32. The highest BCUT2D eigenvalue weighted by Crippen LogP contribution is 2.34. The fourth-order valence-electron chi connectivity index (χ4n) is 4.38. The molecule has 0 saturated heterocycles. The second-order valence-corrected chi connectivity index (χ2v) is 8.66. The minimum Gasteiger partial charge on any atom is -0.467 e. The third-order valence-electron chi connectivity index (χ3n) is 6.25. The molecule has 5 aromatic rings. The van der Waals surface area contributed by atoms with Gasteiger partial charge in [-0.05, 0) is 66.2 Å². The van der Waals surface area contributed by atoms with E-state index in [9.17, 15) is 4.79 Å². The molecule has 1 aliphatic heterocycles. The fraction of sp³-hybridized carbons (Fsp3) is 0.192. The van der Waals surface area contributed by atoms with Gasteiger partial charge in [0.1, 0.15) is 23.1 Å². The Bertz CT molecular complexity index is 1550. The average molecular weight is 482 g/mol. The Morgan fingerprint density at radius 3 is 2.78 bits per heavy atom. The molecular formula is C26H23N7O3. The van der Waals surface area contributed by atoms with Crippen molar-refractivity contribution in [2.45, 2.75) is 26.3 Å². The van der Waals surface area contributed by atoms with E-state index in [1.165, 1.54) is 5.01 Å². The van der Waals surface area contributed by atoms with Crippen molar-refractivity contribution in [2.24, 2.45) is 5.10 Å². The summed E-state index contributed by atoms with van der Waals surface area (Å²) in [6.45, 7) is 3.87. The van der Waals surface area contributed by atoms with Crippen molar-refractivity contribution in [1.29, 1.82) is 0 Å². The summed E-state index contributed by atoms with van der Waals surface area (Å²) in [5.41, 5.74) is 4.11. The van der Waals surface area contributed by atoms with Crippen LogP contribution in [-0.4, -0.2) is 43.4 Å². The molecule has 1 amide bonds. The molecular weight excluding hydrogens is 458 g/mol. The van der Waals surface area contributed by atoms with Gasteiger partial charge in [0.25, 0.3) is 5.91 Å². The lowest BCUT2D eigenvalue weighted by atomic mass is 10.1. The Labute approximate surface area is 206 Å². The number of hydrazone groups is 1. The first-order chi connectivity index (χ1) is 17.6. The SMILES string of the molecule is Cc1ccc(NCC(=O)N2N=C(c3cc4ccccc4o3)CC2c2ccco2)cc1-n1nnnc1C. The number of nitrogens with one attached hydrogen (secondary N) is 1. The predicted molar refractivity (Wildman–Crippen MR) is 133 cm³/mol.